The van der Waals surface area contributed by atoms with Gasteiger partial charge < -0.3 is 24.4 Å². The molecule has 0 spiro atoms. The molecule has 3 amide bonds. The average Bonchev–Trinajstić information content (AvgIpc) is 3.50. The second-order valence-corrected chi connectivity index (χ2v) is 10.6. The van der Waals surface area contributed by atoms with Crippen LogP contribution in [0.25, 0.3) is 0 Å². The molecule has 0 unspecified atom stereocenters. The highest BCUT2D eigenvalue weighted by Gasteiger charge is 2.46. The SMILES string of the molecule is C[C@H]1CN(CC2CCOCC2)CCN1C(=O)N1Cc2c(NC(=O)c3cn(C)cn3)n[nH]c2C1(C)C. The van der Waals surface area contributed by atoms with Gasteiger partial charge in [0.15, 0.2) is 5.82 Å². The van der Waals surface area contributed by atoms with Crippen LogP contribution in [0.1, 0.15) is 55.4 Å². The van der Waals surface area contributed by atoms with Crippen LogP contribution in [0, 0.1) is 5.92 Å². The fourth-order valence-electron chi connectivity index (χ4n) is 5.56. The zero-order chi connectivity index (χ0) is 24.7. The standard InChI is InChI=1S/C24H36N8O3/c1-16-11-30(12-17-5-9-35-10-6-17)7-8-31(16)23(34)32-13-18-20(24(32,2)3)27-28-21(18)26-22(33)19-14-29(4)15-25-19/h14-17H,5-13H2,1-4H3,(H2,26,27,28,33)/t16-/m0/s1. The van der Waals surface area contributed by atoms with Gasteiger partial charge in [-0.15, -0.1) is 0 Å². The molecule has 2 aromatic rings. The Labute approximate surface area is 205 Å². The van der Waals surface area contributed by atoms with Crippen molar-refractivity contribution in [3.8, 4) is 0 Å². The van der Waals surface area contributed by atoms with Crippen molar-refractivity contribution in [2.75, 3.05) is 44.7 Å². The van der Waals surface area contributed by atoms with Gasteiger partial charge in [0.05, 0.1) is 24.1 Å². The molecule has 35 heavy (non-hydrogen) atoms. The highest BCUT2D eigenvalue weighted by Crippen LogP contribution is 2.41. The Morgan fingerprint density at radius 3 is 2.71 bits per heavy atom. The van der Waals surface area contributed by atoms with Crippen LogP contribution in [0.15, 0.2) is 12.5 Å². The van der Waals surface area contributed by atoms with Gasteiger partial charge in [0, 0.05) is 64.2 Å². The van der Waals surface area contributed by atoms with Gasteiger partial charge in [0.25, 0.3) is 5.91 Å². The number of anilines is 1. The van der Waals surface area contributed by atoms with E-state index in [1.807, 2.05) is 30.7 Å². The Kier molecular flexibility index (Phi) is 6.30. The Bertz CT molecular complexity index is 1090. The van der Waals surface area contributed by atoms with Crippen LogP contribution in [0.2, 0.25) is 0 Å². The van der Waals surface area contributed by atoms with Crippen molar-refractivity contribution in [1.29, 1.82) is 0 Å². The highest BCUT2D eigenvalue weighted by atomic mass is 16.5. The number of urea groups is 1. The maximum absolute atomic E-state index is 13.7. The first-order chi connectivity index (χ1) is 16.7. The van der Waals surface area contributed by atoms with Gasteiger partial charge in [0.2, 0.25) is 0 Å². The zero-order valence-electron chi connectivity index (χ0n) is 21.1. The normalized spacial score (nSPS) is 22.9. The number of amides is 3. The van der Waals surface area contributed by atoms with Crippen molar-refractivity contribution < 1.29 is 14.3 Å². The number of piperazine rings is 1. The summed E-state index contributed by atoms with van der Waals surface area (Å²) in [6.45, 7) is 11.9. The maximum atomic E-state index is 13.7. The molecule has 11 nitrogen and oxygen atoms in total. The number of nitrogens with one attached hydrogen (secondary N) is 2. The van der Waals surface area contributed by atoms with E-state index in [1.54, 1.807) is 17.1 Å². The van der Waals surface area contributed by atoms with Gasteiger partial charge in [-0.1, -0.05) is 0 Å². The lowest BCUT2D eigenvalue weighted by molar-refractivity contribution is 0.0290. The predicted molar refractivity (Wildman–Crippen MR) is 130 cm³/mol. The smallest absolute Gasteiger partial charge is 0.321 e. The molecule has 1 atom stereocenters. The third-order valence-electron chi connectivity index (χ3n) is 7.68. The number of fused-ring (bicyclic) bond motifs is 1. The number of hydrogen-bond donors (Lipinski definition) is 2. The molecule has 0 aromatic carbocycles. The number of hydrogen-bond acceptors (Lipinski definition) is 6. The van der Waals surface area contributed by atoms with E-state index < -0.39 is 5.54 Å². The molecule has 5 rings (SSSR count). The van der Waals surface area contributed by atoms with Crippen LogP contribution in [0.5, 0.6) is 0 Å². The lowest BCUT2D eigenvalue weighted by Gasteiger charge is -2.44. The first kappa shape index (κ1) is 23.8. The van der Waals surface area contributed by atoms with Crippen LogP contribution in [-0.4, -0.2) is 91.8 Å². The number of carbonyl (C=O) groups is 2. The van der Waals surface area contributed by atoms with Crippen molar-refractivity contribution in [3.63, 3.8) is 0 Å². The van der Waals surface area contributed by atoms with E-state index >= 15 is 0 Å². The minimum absolute atomic E-state index is 0.0276. The molecule has 190 valence electrons. The average molecular weight is 485 g/mol. The molecule has 2 fully saturated rings. The minimum atomic E-state index is -0.563. The van der Waals surface area contributed by atoms with Gasteiger partial charge in [-0.25, -0.2) is 9.78 Å². The van der Waals surface area contributed by atoms with E-state index in [2.05, 4.69) is 32.3 Å². The van der Waals surface area contributed by atoms with E-state index in [0.717, 1.165) is 56.9 Å². The summed E-state index contributed by atoms with van der Waals surface area (Å²) in [5.41, 5.74) is 1.46. The molecule has 0 aliphatic carbocycles. The monoisotopic (exact) mass is 484 g/mol. The molecule has 0 bridgehead atoms. The number of imidazole rings is 1. The number of H-pyrrole nitrogens is 1. The van der Waals surface area contributed by atoms with E-state index in [9.17, 15) is 9.59 Å². The topological polar surface area (TPSA) is 112 Å². The third-order valence-corrected chi connectivity index (χ3v) is 7.68. The van der Waals surface area contributed by atoms with E-state index in [4.69, 9.17) is 4.74 Å². The number of aromatic nitrogens is 4. The van der Waals surface area contributed by atoms with Crippen LogP contribution >= 0.6 is 0 Å². The van der Waals surface area contributed by atoms with Crippen molar-refractivity contribution in [2.24, 2.45) is 13.0 Å². The third kappa shape index (κ3) is 4.54. The summed E-state index contributed by atoms with van der Waals surface area (Å²) in [4.78, 5) is 36.8. The van der Waals surface area contributed by atoms with Crippen molar-refractivity contribution in [1.82, 2.24) is 34.4 Å². The van der Waals surface area contributed by atoms with Gasteiger partial charge in [0.1, 0.15) is 5.69 Å². The number of carbonyl (C=O) groups excluding carboxylic acids is 2. The maximum Gasteiger partial charge on any atom is 0.321 e. The summed E-state index contributed by atoms with van der Waals surface area (Å²) in [5, 5.41) is 10.3. The molecule has 2 aromatic heterocycles. The van der Waals surface area contributed by atoms with Gasteiger partial charge in [-0.3, -0.25) is 14.8 Å². The first-order valence-corrected chi connectivity index (χ1v) is 12.5. The Balaban J connectivity index is 1.24. The summed E-state index contributed by atoms with van der Waals surface area (Å²) < 4.78 is 7.22. The second kappa shape index (κ2) is 9.27. The molecule has 3 aliphatic rings. The van der Waals surface area contributed by atoms with Crippen LogP contribution in [0.4, 0.5) is 10.6 Å². The molecule has 5 heterocycles. The summed E-state index contributed by atoms with van der Waals surface area (Å²) in [5.74, 6) is 0.818. The van der Waals surface area contributed by atoms with E-state index in [0.29, 0.717) is 30.5 Å². The lowest BCUT2D eigenvalue weighted by atomic mass is 9.99. The van der Waals surface area contributed by atoms with Crippen molar-refractivity contribution >= 4 is 17.8 Å². The first-order valence-electron chi connectivity index (χ1n) is 12.5. The van der Waals surface area contributed by atoms with Crippen molar-refractivity contribution in [2.45, 2.75) is 51.7 Å². The molecular formula is C24H36N8O3. The largest absolute Gasteiger partial charge is 0.381 e. The number of nitrogens with zero attached hydrogens (tertiary/aromatic N) is 6. The predicted octanol–water partition coefficient (Wildman–Crippen LogP) is 2.00. The van der Waals surface area contributed by atoms with Crippen molar-refractivity contribution in [3.05, 3.63) is 29.5 Å². The Hall–Kier alpha value is -2.92. The molecule has 2 saturated heterocycles. The van der Waals surface area contributed by atoms with Crippen LogP contribution < -0.4 is 5.32 Å². The molecule has 2 N–H and O–H groups in total. The lowest BCUT2D eigenvalue weighted by Crippen LogP contribution is -2.59. The van der Waals surface area contributed by atoms with E-state index in [-0.39, 0.29) is 18.0 Å². The molecular weight excluding hydrogens is 448 g/mol. The van der Waals surface area contributed by atoms with E-state index in [1.165, 1.54) is 0 Å². The fraction of sp³-hybridized carbons (Fsp3) is 0.667. The summed E-state index contributed by atoms with van der Waals surface area (Å²) in [6, 6.07) is 0.159. The van der Waals surface area contributed by atoms with Gasteiger partial charge in [-0.05, 0) is 39.5 Å². The molecule has 3 aliphatic heterocycles. The van der Waals surface area contributed by atoms with Gasteiger partial charge in [-0.2, -0.15) is 5.10 Å². The molecule has 11 heteroatoms. The number of ether oxygens (including phenoxy) is 1. The summed E-state index contributed by atoms with van der Waals surface area (Å²) >= 11 is 0. The highest BCUT2D eigenvalue weighted by molar-refractivity contribution is 6.02. The van der Waals surface area contributed by atoms with Crippen LogP contribution in [0.3, 0.4) is 0 Å². The Morgan fingerprint density at radius 2 is 2.03 bits per heavy atom. The number of aromatic amines is 1. The summed E-state index contributed by atoms with van der Waals surface area (Å²) in [7, 11) is 1.81. The minimum Gasteiger partial charge on any atom is -0.381 e. The molecule has 0 saturated carbocycles. The number of rotatable bonds is 4. The Morgan fingerprint density at radius 1 is 1.26 bits per heavy atom. The van der Waals surface area contributed by atoms with Crippen LogP contribution in [-0.2, 0) is 23.9 Å². The number of aryl methyl sites for hydroxylation is 1. The summed E-state index contributed by atoms with van der Waals surface area (Å²) in [6.07, 6.45) is 5.49. The quantitative estimate of drug-likeness (QED) is 0.687. The second-order valence-electron chi connectivity index (χ2n) is 10.6. The zero-order valence-corrected chi connectivity index (χ0v) is 21.1. The van der Waals surface area contributed by atoms with Gasteiger partial charge >= 0.3 is 6.03 Å². The molecule has 0 radical (unpaired) electrons. The fourth-order valence-corrected chi connectivity index (χ4v) is 5.56.